The summed E-state index contributed by atoms with van der Waals surface area (Å²) in [7, 11) is 0. The Morgan fingerprint density at radius 2 is 2.21 bits per heavy atom. The van der Waals surface area contributed by atoms with Gasteiger partial charge in [0, 0.05) is 6.04 Å². The molecule has 1 atom stereocenters. The molecule has 0 bridgehead atoms. The van der Waals surface area contributed by atoms with E-state index >= 15 is 0 Å². The second kappa shape index (κ2) is 6.37. The van der Waals surface area contributed by atoms with Crippen molar-refractivity contribution >= 4 is 6.01 Å². The Labute approximate surface area is 115 Å². The lowest BCUT2D eigenvalue weighted by Gasteiger charge is -2.35. The van der Waals surface area contributed by atoms with Gasteiger partial charge in [-0.3, -0.25) is 0 Å². The van der Waals surface area contributed by atoms with E-state index in [4.69, 9.17) is 4.42 Å². The smallest absolute Gasteiger partial charge is 0.315 e. The Balaban J connectivity index is 1.82. The van der Waals surface area contributed by atoms with E-state index in [1.165, 1.54) is 25.7 Å². The van der Waals surface area contributed by atoms with Crippen molar-refractivity contribution in [3.05, 3.63) is 5.89 Å². The van der Waals surface area contributed by atoms with Crippen LogP contribution in [0, 0.1) is 5.41 Å². The molecule has 1 aliphatic carbocycles. The summed E-state index contributed by atoms with van der Waals surface area (Å²) in [4.78, 5) is 0. The van der Waals surface area contributed by atoms with Gasteiger partial charge in [0.25, 0.3) is 0 Å². The highest BCUT2D eigenvalue weighted by atomic mass is 16.4. The van der Waals surface area contributed by atoms with Crippen molar-refractivity contribution in [2.45, 2.75) is 65.5 Å². The molecule has 1 fully saturated rings. The largest absolute Gasteiger partial charge is 0.407 e. The summed E-state index contributed by atoms with van der Waals surface area (Å²) in [6.45, 7) is 8.42. The molecule has 5 heteroatoms. The van der Waals surface area contributed by atoms with Crippen molar-refractivity contribution < 1.29 is 4.42 Å². The van der Waals surface area contributed by atoms with Gasteiger partial charge >= 0.3 is 6.01 Å². The first kappa shape index (κ1) is 14.3. The minimum absolute atomic E-state index is 0.418. The van der Waals surface area contributed by atoms with Crippen molar-refractivity contribution in [3.8, 4) is 0 Å². The third-order valence-corrected chi connectivity index (χ3v) is 3.70. The minimum Gasteiger partial charge on any atom is -0.407 e. The van der Waals surface area contributed by atoms with E-state index in [9.17, 15) is 0 Å². The Morgan fingerprint density at radius 1 is 1.37 bits per heavy atom. The highest BCUT2D eigenvalue weighted by Crippen LogP contribution is 2.36. The molecule has 1 aromatic heterocycles. The maximum atomic E-state index is 5.61. The molecule has 0 aliphatic heterocycles. The fourth-order valence-corrected chi connectivity index (χ4v) is 2.75. The Hall–Kier alpha value is -1.10. The number of aromatic nitrogens is 2. The molecule has 19 heavy (non-hydrogen) atoms. The third kappa shape index (κ3) is 4.49. The summed E-state index contributed by atoms with van der Waals surface area (Å²) >= 11 is 0. The van der Waals surface area contributed by atoms with Crippen LogP contribution in [0.1, 0.15) is 58.8 Å². The number of hydrogen-bond acceptors (Lipinski definition) is 5. The number of hydrogen-bond donors (Lipinski definition) is 2. The summed E-state index contributed by atoms with van der Waals surface area (Å²) < 4.78 is 5.61. The van der Waals surface area contributed by atoms with Crippen LogP contribution in [-0.2, 0) is 6.54 Å². The first-order valence-electron chi connectivity index (χ1n) is 7.39. The molecule has 1 aromatic rings. The van der Waals surface area contributed by atoms with Gasteiger partial charge in [0.1, 0.15) is 0 Å². The lowest BCUT2D eigenvalue weighted by atomic mass is 9.75. The van der Waals surface area contributed by atoms with Gasteiger partial charge in [-0.1, -0.05) is 32.3 Å². The molecule has 1 saturated carbocycles. The zero-order valence-electron chi connectivity index (χ0n) is 12.3. The van der Waals surface area contributed by atoms with Gasteiger partial charge in [0.2, 0.25) is 5.89 Å². The molecule has 5 nitrogen and oxygen atoms in total. The van der Waals surface area contributed by atoms with Gasteiger partial charge in [-0.2, -0.15) is 0 Å². The molecule has 0 aromatic carbocycles. The molecule has 0 amide bonds. The van der Waals surface area contributed by atoms with Crippen LogP contribution >= 0.6 is 0 Å². The monoisotopic (exact) mass is 266 g/mol. The van der Waals surface area contributed by atoms with E-state index in [0.29, 0.717) is 29.9 Å². The van der Waals surface area contributed by atoms with Crippen LogP contribution in [-0.4, -0.2) is 22.8 Å². The fraction of sp³-hybridized carbons (Fsp3) is 0.857. The van der Waals surface area contributed by atoms with Gasteiger partial charge in [-0.25, -0.2) is 0 Å². The maximum Gasteiger partial charge on any atom is 0.315 e. The number of nitrogens with one attached hydrogen (secondary N) is 2. The van der Waals surface area contributed by atoms with Gasteiger partial charge in [0.05, 0.1) is 6.54 Å². The molecule has 0 radical (unpaired) electrons. The molecular weight excluding hydrogens is 240 g/mol. The van der Waals surface area contributed by atoms with Crippen molar-refractivity contribution in [2.24, 2.45) is 5.41 Å². The molecule has 108 valence electrons. The summed E-state index contributed by atoms with van der Waals surface area (Å²) in [5, 5.41) is 14.8. The Bertz CT molecular complexity index is 389. The summed E-state index contributed by atoms with van der Waals surface area (Å²) in [6.07, 6.45) is 6.04. The van der Waals surface area contributed by atoms with Crippen molar-refractivity contribution in [3.63, 3.8) is 0 Å². The first-order chi connectivity index (χ1) is 9.09. The Kier molecular flexibility index (Phi) is 4.80. The van der Waals surface area contributed by atoms with Crippen LogP contribution < -0.4 is 10.6 Å². The lowest BCUT2D eigenvalue weighted by molar-refractivity contribution is 0.227. The molecular formula is C14H26N4O. The lowest BCUT2D eigenvalue weighted by Crippen LogP contribution is -2.31. The minimum atomic E-state index is 0.418. The second-order valence-corrected chi connectivity index (χ2v) is 6.28. The fourth-order valence-electron chi connectivity index (χ4n) is 2.75. The maximum absolute atomic E-state index is 5.61. The van der Waals surface area contributed by atoms with Gasteiger partial charge in [-0.15, -0.1) is 5.10 Å². The van der Waals surface area contributed by atoms with Crippen molar-refractivity contribution in [1.29, 1.82) is 0 Å². The van der Waals surface area contributed by atoms with E-state index in [-0.39, 0.29) is 0 Å². The first-order valence-corrected chi connectivity index (χ1v) is 7.39. The molecule has 0 saturated heterocycles. The number of rotatable bonds is 6. The summed E-state index contributed by atoms with van der Waals surface area (Å²) in [5.41, 5.74) is 0.418. The van der Waals surface area contributed by atoms with Crippen LogP contribution in [0.15, 0.2) is 4.42 Å². The van der Waals surface area contributed by atoms with E-state index in [2.05, 4.69) is 41.6 Å². The van der Waals surface area contributed by atoms with Crippen molar-refractivity contribution in [1.82, 2.24) is 15.5 Å². The van der Waals surface area contributed by atoms with Crippen LogP contribution in [0.25, 0.3) is 0 Å². The molecule has 1 heterocycles. The van der Waals surface area contributed by atoms with E-state index in [1.54, 1.807) is 0 Å². The second-order valence-electron chi connectivity index (χ2n) is 6.28. The van der Waals surface area contributed by atoms with E-state index in [1.807, 2.05) is 0 Å². The summed E-state index contributed by atoms with van der Waals surface area (Å²) in [5.74, 6) is 0.658. The number of anilines is 1. The van der Waals surface area contributed by atoms with Gasteiger partial charge in [-0.05, 0) is 37.6 Å². The normalized spacial score (nSPS) is 22.4. The van der Waals surface area contributed by atoms with E-state index in [0.717, 1.165) is 13.0 Å². The average molecular weight is 266 g/mol. The molecule has 2 N–H and O–H groups in total. The predicted octanol–water partition coefficient (Wildman–Crippen LogP) is 2.95. The quantitative estimate of drug-likeness (QED) is 0.775. The number of nitrogens with zero attached hydrogens (tertiary/aromatic N) is 2. The SMILES string of the molecule is CCCNCc1nnc(NC2CCCC(C)(C)C2)o1. The summed E-state index contributed by atoms with van der Waals surface area (Å²) in [6, 6.07) is 1.02. The van der Waals surface area contributed by atoms with Crippen LogP contribution in [0.2, 0.25) is 0 Å². The average Bonchev–Trinajstić information content (AvgIpc) is 2.76. The Morgan fingerprint density at radius 3 is 2.95 bits per heavy atom. The molecule has 0 spiro atoms. The molecule has 1 unspecified atom stereocenters. The van der Waals surface area contributed by atoms with E-state index < -0.39 is 0 Å². The van der Waals surface area contributed by atoms with Crippen LogP contribution in [0.4, 0.5) is 6.01 Å². The van der Waals surface area contributed by atoms with Gasteiger partial charge < -0.3 is 15.1 Å². The van der Waals surface area contributed by atoms with Crippen LogP contribution in [0.3, 0.4) is 0 Å². The van der Waals surface area contributed by atoms with Gasteiger partial charge in [0.15, 0.2) is 0 Å². The zero-order valence-corrected chi connectivity index (χ0v) is 12.3. The standard InChI is InChI=1S/C14H26N4O/c1-4-8-15-10-12-17-18-13(19-12)16-11-6-5-7-14(2,3)9-11/h11,15H,4-10H2,1-3H3,(H,16,18). The van der Waals surface area contributed by atoms with Crippen LogP contribution in [0.5, 0.6) is 0 Å². The zero-order chi connectivity index (χ0) is 13.7. The third-order valence-electron chi connectivity index (χ3n) is 3.70. The molecule has 2 rings (SSSR count). The molecule has 1 aliphatic rings. The predicted molar refractivity (Wildman–Crippen MR) is 76.0 cm³/mol. The van der Waals surface area contributed by atoms with Crippen molar-refractivity contribution in [2.75, 3.05) is 11.9 Å². The highest BCUT2D eigenvalue weighted by molar-refractivity contribution is 5.20. The highest BCUT2D eigenvalue weighted by Gasteiger charge is 2.28. The topological polar surface area (TPSA) is 63.0 Å².